The van der Waals surface area contributed by atoms with Crippen molar-refractivity contribution in [2.24, 2.45) is 0 Å². The van der Waals surface area contributed by atoms with Crippen LogP contribution in [0.5, 0.6) is 0 Å². The molecule has 2 aromatic rings. The van der Waals surface area contributed by atoms with Gasteiger partial charge in [0.15, 0.2) is 11.6 Å². The molecule has 1 aromatic carbocycles. The maximum absolute atomic E-state index is 13.2. The lowest BCUT2D eigenvalue weighted by atomic mass is 10.2. The smallest absolute Gasteiger partial charge is 0.161 e. The van der Waals surface area contributed by atoms with E-state index in [4.69, 9.17) is 0 Å². The van der Waals surface area contributed by atoms with Crippen LogP contribution in [0.4, 0.5) is 8.78 Å². The van der Waals surface area contributed by atoms with Crippen molar-refractivity contribution in [1.29, 1.82) is 0 Å². The van der Waals surface area contributed by atoms with Crippen LogP contribution in [0, 0.1) is 11.6 Å². The number of hydrogen-bond acceptors (Lipinski definition) is 2. The van der Waals surface area contributed by atoms with Crippen LogP contribution < -0.4 is 5.32 Å². The number of rotatable bonds is 6. The molecule has 0 radical (unpaired) electrons. The van der Waals surface area contributed by atoms with Crippen molar-refractivity contribution in [1.82, 2.24) is 14.9 Å². The standard InChI is InChI=1S/C13H17F2N3/c1-2-16-5-3-4-6-18-9-17-12-7-10(14)11(15)8-13(12)18/h7-9,16H,2-6H2,1H3. The van der Waals surface area contributed by atoms with Gasteiger partial charge in [-0.2, -0.15) is 0 Å². The van der Waals surface area contributed by atoms with Gasteiger partial charge < -0.3 is 9.88 Å². The fourth-order valence-electron chi connectivity index (χ4n) is 1.94. The second-order valence-electron chi connectivity index (χ2n) is 4.25. The number of benzene rings is 1. The Hall–Kier alpha value is -1.49. The number of aromatic nitrogens is 2. The summed E-state index contributed by atoms with van der Waals surface area (Å²) in [6.07, 6.45) is 3.67. The number of nitrogens with one attached hydrogen (secondary N) is 1. The number of hydrogen-bond donors (Lipinski definition) is 1. The molecule has 1 N–H and O–H groups in total. The molecule has 1 heterocycles. The summed E-state index contributed by atoms with van der Waals surface area (Å²) in [4.78, 5) is 4.08. The van der Waals surface area contributed by atoms with E-state index >= 15 is 0 Å². The number of aryl methyl sites for hydroxylation is 1. The summed E-state index contributed by atoms with van der Waals surface area (Å²) in [7, 11) is 0. The van der Waals surface area contributed by atoms with E-state index in [2.05, 4.69) is 17.2 Å². The van der Waals surface area contributed by atoms with Crippen molar-refractivity contribution in [3.05, 3.63) is 30.1 Å². The van der Waals surface area contributed by atoms with Gasteiger partial charge in [0.25, 0.3) is 0 Å². The lowest BCUT2D eigenvalue weighted by Gasteiger charge is -2.05. The summed E-state index contributed by atoms with van der Waals surface area (Å²) in [5.41, 5.74) is 1.15. The number of fused-ring (bicyclic) bond motifs is 1. The zero-order valence-corrected chi connectivity index (χ0v) is 10.4. The van der Waals surface area contributed by atoms with Crippen molar-refractivity contribution in [2.75, 3.05) is 13.1 Å². The van der Waals surface area contributed by atoms with Gasteiger partial charge >= 0.3 is 0 Å². The SMILES string of the molecule is CCNCCCCn1cnc2cc(F)c(F)cc21. The molecule has 0 atom stereocenters. The van der Waals surface area contributed by atoms with Gasteiger partial charge in [-0.1, -0.05) is 6.92 Å². The highest BCUT2D eigenvalue weighted by atomic mass is 19.2. The number of nitrogens with zero attached hydrogens (tertiary/aromatic N) is 2. The minimum Gasteiger partial charge on any atom is -0.331 e. The largest absolute Gasteiger partial charge is 0.331 e. The highest BCUT2D eigenvalue weighted by Crippen LogP contribution is 2.17. The summed E-state index contributed by atoms with van der Waals surface area (Å²) in [5, 5.41) is 3.25. The third kappa shape index (κ3) is 2.85. The average Bonchev–Trinajstić information content (AvgIpc) is 2.72. The summed E-state index contributed by atoms with van der Waals surface area (Å²) < 4.78 is 28.1. The third-order valence-electron chi connectivity index (χ3n) is 2.92. The Morgan fingerprint density at radius 3 is 2.78 bits per heavy atom. The highest BCUT2D eigenvalue weighted by Gasteiger charge is 2.08. The van der Waals surface area contributed by atoms with E-state index in [1.165, 1.54) is 6.07 Å². The zero-order valence-electron chi connectivity index (χ0n) is 10.4. The van der Waals surface area contributed by atoms with Crippen molar-refractivity contribution in [3.63, 3.8) is 0 Å². The highest BCUT2D eigenvalue weighted by molar-refractivity contribution is 5.75. The van der Waals surface area contributed by atoms with E-state index in [-0.39, 0.29) is 0 Å². The molecular formula is C13H17F2N3. The van der Waals surface area contributed by atoms with Gasteiger partial charge in [-0.3, -0.25) is 0 Å². The molecule has 0 unspecified atom stereocenters. The zero-order chi connectivity index (χ0) is 13.0. The predicted molar refractivity (Wildman–Crippen MR) is 67.4 cm³/mol. The quantitative estimate of drug-likeness (QED) is 0.802. The van der Waals surface area contributed by atoms with E-state index < -0.39 is 11.6 Å². The van der Waals surface area contributed by atoms with Crippen LogP contribution in [0.15, 0.2) is 18.5 Å². The Balaban J connectivity index is 2.03. The molecule has 0 saturated carbocycles. The van der Waals surface area contributed by atoms with Gasteiger partial charge in [-0.15, -0.1) is 0 Å². The predicted octanol–water partition coefficient (Wildman–Crippen LogP) is 2.70. The molecule has 2 rings (SSSR count). The Labute approximate surface area is 105 Å². The van der Waals surface area contributed by atoms with Crippen molar-refractivity contribution >= 4 is 11.0 Å². The molecule has 98 valence electrons. The molecule has 5 heteroatoms. The van der Waals surface area contributed by atoms with Gasteiger partial charge in [0.2, 0.25) is 0 Å². The third-order valence-corrected chi connectivity index (χ3v) is 2.92. The van der Waals surface area contributed by atoms with Crippen molar-refractivity contribution in [2.45, 2.75) is 26.3 Å². The monoisotopic (exact) mass is 253 g/mol. The number of imidazole rings is 1. The first-order chi connectivity index (χ1) is 8.72. The lowest BCUT2D eigenvalue weighted by molar-refractivity contribution is 0.510. The Morgan fingerprint density at radius 2 is 2.00 bits per heavy atom. The van der Waals surface area contributed by atoms with E-state index in [0.717, 1.165) is 38.5 Å². The minimum absolute atomic E-state index is 0.501. The molecule has 0 amide bonds. The van der Waals surface area contributed by atoms with E-state index in [9.17, 15) is 8.78 Å². The van der Waals surface area contributed by atoms with Gasteiger partial charge in [0, 0.05) is 18.7 Å². The molecule has 0 aliphatic carbocycles. The molecule has 0 spiro atoms. The van der Waals surface area contributed by atoms with Crippen LogP contribution in [0.1, 0.15) is 19.8 Å². The van der Waals surface area contributed by atoms with Crippen LogP contribution in [0.25, 0.3) is 11.0 Å². The average molecular weight is 253 g/mol. The molecule has 1 aromatic heterocycles. The number of unbranched alkanes of at least 4 members (excludes halogenated alkanes) is 1. The molecule has 0 fully saturated rings. The maximum Gasteiger partial charge on any atom is 0.161 e. The summed E-state index contributed by atoms with van der Waals surface area (Å²) in [5.74, 6) is -1.67. The van der Waals surface area contributed by atoms with E-state index in [1.54, 1.807) is 6.33 Å². The summed E-state index contributed by atoms with van der Waals surface area (Å²) in [6.45, 7) is 4.79. The minimum atomic E-state index is -0.847. The van der Waals surface area contributed by atoms with Crippen molar-refractivity contribution < 1.29 is 8.78 Å². The van der Waals surface area contributed by atoms with Gasteiger partial charge in [-0.25, -0.2) is 13.8 Å². The first-order valence-corrected chi connectivity index (χ1v) is 6.23. The first kappa shape index (κ1) is 13.0. The number of halogens is 2. The fraction of sp³-hybridized carbons (Fsp3) is 0.462. The molecule has 0 saturated heterocycles. The Morgan fingerprint density at radius 1 is 1.22 bits per heavy atom. The lowest BCUT2D eigenvalue weighted by Crippen LogP contribution is -2.14. The van der Waals surface area contributed by atoms with Crippen LogP contribution in [-0.2, 0) is 6.54 Å². The first-order valence-electron chi connectivity index (χ1n) is 6.23. The second-order valence-corrected chi connectivity index (χ2v) is 4.25. The van der Waals surface area contributed by atoms with Crippen LogP contribution in [-0.4, -0.2) is 22.6 Å². The molecule has 3 nitrogen and oxygen atoms in total. The Bertz CT molecular complexity index is 522. The van der Waals surface area contributed by atoms with Gasteiger partial charge in [0.05, 0.1) is 17.4 Å². The van der Waals surface area contributed by atoms with Crippen LogP contribution >= 0.6 is 0 Å². The van der Waals surface area contributed by atoms with E-state index in [1.807, 2.05) is 4.57 Å². The van der Waals surface area contributed by atoms with Crippen LogP contribution in [0.2, 0.25) is 0 Å². The van der Waals surface area contributed by atoms with Crippen molar-refractivity contribution in [3.8, 4) is 0 Å². The van der Waals surface area contributed by atoms with Gasteiger partial charge in [0.1, 0.15) is 0 Å². The second kappa shape index (κ2) is 5.91. The normalized spacial score (nSPS) is 11.3. The molecule has 18 heavy (non-hydrogen) atoms. The summed E-state index contributed by atoms with van der Waals surface area (Å²) in [6, 6.07) is 2.35. The molecule has 0 aliphatic rings. The molecule has 0 bridgehead atoms. The maximum atomic E-state index is 13.2. The fourth-order valence-corrected chi connectivity index (χ4v) is 1.94. The Kier molecular flexibility index (Phi) is 4.25. The topological polar surface area (TPSA) is 29.9 Å². The molecular weight excluding hydrogens is 236 g/mol. The van der Waals surface area contributed by atoms with Gasteiger partial charge in [-0.05, 0) is 25.9 Å². The van der Waals surface area contributed by atoms with Crippen LogP contribution in [0.3, 0.4) is 0 Å². The summed E-state index contributed by atoms with van der Waals surface area (Å²) >= 11 is 0. The van der Waals surface area contributed by atoms with E-state index in [0.29, 0.717) is 11.0 Å². The molecule has 0 aliphatic heterocycles.